The number of carboxylic acid groups (broad SMARTS) is 1. The molecule has 204 valence electrons. The number of aliphatic hydroxyl groups is 3. The molecule has 13 heteroatoms. The van der Waals surface area contributed by atoms with Crippen LogP contribution in [0.2, 0.25) is 0 Å². The number of aliphatic hydroxyl groups excluding tert-OH is 3. The van der Waals surface area contributed by atoms with Gasteiger partial charge in [-0.1, -0.05) is 0 Å². The van der Waals surface area contributed by atoms with Crippen molar-refractivity contribution in [1.82, 2.24) is 0 Å². The summed E-state index contributed by atoms with van der Waals surface area (Å²) in [6, 6.07) is 4.98. The number of hydrogen-bond donors (Lipinski definition) is 3. The maximum Gasteiger partial charge on any atom is 1.00 e. The monoisotopic (exact) mass is 564 g/mol. The van der Waals surface area contributed by atoms with Crippen molar-refractivity contribution in [2.75, 3.05) is 14.2 Å². The van der Waals surface area contributed by atoms with Crippen LogP contribution in [0, 0.1) is 17.8 Å². The van der Waals surface area contributed by atoms with Gasteiger partial charge in [0, 0.05) is 17.5 Å². The fourth-order valence-corrected chi connectivity index (χ4v) is 8.17. The number of methoxy groups -OCH3 is 2. The molecule has 1 aromatic carbocycles. The predicted molar refractivity (Wildman–Crippen MR) is 121 cm³/mol. The molecule has 1 aromatic rings. The summed E-state index contributed by atoms with van der Waals surface area (Å²) in [4.78, 5) is 22.9. The van der Waals surface area contributed by atoms with E-state index in [2.05, 4.69) is 0 Å². The molecule has 4 bridgehead atoms. The Bertz CT molecular complexity index is 1070. The van der Waals surface area contributed by atoms with Gasteiger partial charge in [0.25, 0.3) is 5.79 Å². The minimum absolute atomic E-state index is 0. The van der Waals surface area contributed by atoms with Crippen molar-refractivity contribution in [3.05, 3.63) is 23.8 Å². The first-order chi connectivity index (χ1) is 17.6. The van der Waals surface area contributed by atoms with Crippen molar-refractivity contribution in [2.24, 2.45) is 17.8 Å². The average molecular weight is 565 g/mol. The summed E-state index contributed by atoms with van der Waals surface area (Å²) >= 11 is 6.97. The molecule has 7 rings (SSSR count). The number of carbonyl (C=O) groups excluding carboxylic acids is 1. The van der Waals surface area contributed by atoms with Crippen LogP contribution in [-0.4, -0.2) is 76.7 Å². The molecule has 6 aliphatic rings. The number of carbonyl (C=O) groups is 1. The molecule has 0 radical (unpaired) electrons. The molecule has 1 spiro atoms. The van der Waals surface area contributed by atoms with Gasteiger partial charge in [0.15, 0.2) is 17.1 Å². The minimum atomic E-state index is -1.91. The van der Waals surface area contributed by atoms with Gasteiger partial charge in [-0.25, -0.2) is 4.89 Å². The molecule has 3 N–H and O–H groups in total. The SMILES string of the molecule is COc1ccc(C2(OC)OOC23C2CC4CC3CC(Cl)(C4)C2)cc1OC1OC(C(=O)[O-])C(O)C(O)C1O.[Na+]. The average Bonchev–Trinajstić information content (AvgIpc) is 2.83. The van der Waals surface area contributed by atoms with Gasteiger partial charge in [-0.3, -0.25) is 0 Å². The van der Waals surface area contributed by atoms with Gasteiger partial charge < -0.3 is 44.2 Å². The third-order valence-electron chi connectivity index (χ3n) is 9.02. The number of hydrogen-bond acceptors (Lipinski definition) is 11. The number of alkyl halides is 1. The number of carboxylic acids is 1. The van der Waals surface area contributed by atoms with Crippen molar-refractivity contribution < 1.29 is 83.5 Å². The minimum Gasteiger partial charge on any atom is -0.547 e. The molecule has 4 aliphatic carbocycles. The van der Waals surface area contributed by atoms with Crippen LogP contribution in [0.4, 0.5) is 0 Å². The topological polar surface area (TPSA) is 156 Å². The normalized spacial score (nSPS) is 46.8. The van der Waals surface area contributed by atoms with E-state index in [1.165, 1.54) is 7.11 Å². The molecule has 2 aliphatic heterocycles. The summed E-state index contributed by atoms with van der Waals surface area (Å²) in [6.45, 7) is 0. The number of aliphatic carboxylic acids is 1. The van der Waals surface area contributed by atoms with Crippen molar-refractivity contribution in [3.63, 3.8) is 0 Å². The van der Waals surface area contributed by atoms with E-state index in [-0.39, 0.29) is 57.8 Å². The fraction of sp³-hybridized carbons (Fsp3) is 0.720. The molecule has 4 saturated carbocycles. The van der Waals surface area contributed by atoms with Crippen LogP contribution >= 0.6 is 11.6 Å². The standard InChI is InChI=1S/C25H31ClO11.Na/c1-32-15-4-3-12(7-16(15)34-22-19(29)17(27)18(28)20(35-22)21(30)31)25(33-2)24(36-37-25)13-5-11-6-14(24)10-23(26,8-11)9-13;/h3-4,7,11,13-14,17-20,22,27-29H,5-6,8-10H2,1-2H3,(H,30,31);/q;+1/p-1. The first-order valence-corrected chi connectivity index (χ1v) is 12.8. The zero-order chi connectivity index (χ0) is 26.3. The molecular formula is C25H30ClNaO11. The quantitative estimate of drug-likeness (QED) is 0.183. The second-order valence-electron chi connectivity index (χ2n) is 11.0. The van der Waals surface area contributed by atoms with E-state index in [0.29, 0.717) is 11.5 Å². The largest absolute Gasteiger partial charge is 1.00 e. The van der Waals surface area contributed by atoms with E-state index in [4.69, 9.17) is 40.3 Å². The van der Waals surface area contributed by atoms with E-state index in [1.54, 1.807) is 25.3 Å². The Morgan fingerprint density at radius 2 is 1.71 bits per heavy atom. The van der Waals surface area contributed by atoms with Crippen molar-refractivity contribution >= 4 is 17.6 Å². The van der Waals surface area contributed by atoms with E-state index >= 15 is 0 Å². The first kappa shape index (κ1) is 28.8. The van der Waals surface area contributed by atoms with Crippen LogP contribution in [0.15, 0.2) is 18.2 Å². The number of halogens is 1. The second kappa shape index (κ2) is 9.99. The maximum atomic E-state index is 11.4. The molecule has 2 saturated heterocycles. The van der Waals surface area contributed by atoms with Gasteiger partial charge in [0.05, 0.1) is 13.1 Å². The Labute approximate surface area is 246 Å². The summed E-state index contributed by atoms with van der Waals surface area (Å²) in [5.74, 6) is -1.91. The van der Waals surface area contributed by atoms with Gasteiger partial charge in [-0.2, -0.15) is 4.89 Å². The Morgan fingerprint density at radius 1 is 1.03 bits per heavy atom. The molecule has 6 fully saturated rings. The van der Waals surface area contributed by atoms with E-state index in [9.17, 15) is 25.2 Å². The predicted octanol–water partition coefficient (Wildman–Crippen LogP) is -3.05. The zero-order valence-electron chi connectivity index (χ0n) is 21.4. The van der Waals surface area contributed by atoms with Crippen LogP contribution in [0.3, 0.4) is 0 Å². The Balaban J connectivity index is 0.00000294. The van der Waals surface area contributed by atoms with Crippen LogP contribution in [0.25, 0.3) is 0 Å². The smallest absolute Gasteiger partial charge is 0.547 e. The van der Waals surface area contributed by atoms with Crippen molar-refractivity contribution in [1.29, 1.82) is 0 Å². The van der Waals surface area contributed by atoms with Gasteiger partial charge in [-0.15, -0.1) is 11.6 Å². The zero-order valence-corrected chi connectivity index (χ0v) is 24.1. The number of rotatable bonds is 6. The molecule has 11 nitrogen and oxygen atoms in total. The molecule has 8 unspecified atom stereocenters. The molecule has 2 heterocycles. The van der Waals surface area contributed by atoms with Crippen molar-refractivity contribution in [3.8, 4) is 11.5 Å². The van der Waals surface area contributed by atoms with Crippen molar-refractivity contribution in [2.45, 2.75) is 79.1 Å². The maximum absolute atomic E-state index is 11.4. The Kier molecular flexibility index (Phi) is 7.57. The van der Waals surface area contributed by atoms with E-state index < -0.39 is 48.1 Å². The summed E-state index contributed by atoms with van der Waals surface area (Å²) in [7, 11) is 2.96. The van der Waals surface area contributed by atoms with Gasteiger partial charge in [0.1, 0.15) is 24.4 Å². The molecular weight excluding hydrogens is 535 g/mol. The van der Waals surface area contributed by atoms with Crippen LogP contribution in [-0.2, 0) is 29.8 Å². The summed E-state index contributed by atoms with van der Waals surface area (Å²) < 4.78 is 22.5. The van der Waals surface area contributed by atoms with E-state index in [0.717, 1.165) is 32.1 Å². The molecule has 8 atom stereocenters. The Morgan fingerprint density at radius 3 is 2.24 bits per heavy atom. The molecule has 0 aromatic heterocycles. The molecule has 38 heavy (non-hydrogen) atoms. The fourth-order valence-electron chi connectivity index (χ4n) is 7.58. The third kappa shape index (κ3) is 3.97. The summed E-state index contributed by atoms with van der Waals surface area (Å²) in [6.07, 6.45) is -4.52. The summed E-state index contributed by atoms with van der Waals surface area (Å²) in [5.41, 5.74) is -0.181. The first-order valence-electron chi connectivity index (χ1n) is 12.4. The van der Waals surface area contributed by atoms with E-state index in [1.807, 2.05) is 0 Å². The summed E-state index contributed by atoms with van der Waals surface area (Å²) in [5, 5.41) is 41.9. The van der Waals surface area contributed by atoms with Crippen LogP contribution in [0.5, 0.6) is 11.5 Å². The van der Waals surface area contributed by atoms with Crippen LogP contribution < -0.4 is 44.1 Å². The Hall–Kier alpha value is -0.700. The van der Waals surface area contributed by atoms with Crippen LogP contribution in [0.1, 0.15) is 37.7 Å². The third-order valence-corrected chi connectivity index (χ3v) is 9.48. The van der Waals surface area contributed by atoms with Gasteiger partial charge in [-0.05, 0) is 68.1 Å². The molecule has 0 amide bonds. The van der Waals surface area contributed by atoms with Gasteiger partial charge >= 0.3 is 29.6 Å². The van der Waals surface area contributed by atoms with Gasteiger partial charge in [0.2, 0.25) is 6.29 Å². The number of ether oxygens (including phenoxy) is 4. The number of benzene rings is 1. The second-order valence-corrected chi connectivity index (χ2v) is 11.8.